The largest absolute Gasteiger partial charge is 0.497 e. The highest BCUT2D eigenvalue weighted by Gasteiger charge is 2.15. The average Bonchev–Trinajstić information content (AvgIpc) is 2.77. The van der Waals surface area contributed by atoms with Crippen LogP contribution in [0.1, 0.15) is 27.3 Å². The van der Waals surface area contributed by atoms with Gasteiger partial charge in [-0.1, -0.05) is 0 Å². The molecule has 6 nitrogen and oxygen atoms in total. The molecule has 0 aliphatic heterocycles. The van der Waals surface area contributed by atoms with Crippen molar-refractivity contribution in [3.63, 3.8) is 0 Å². The molecule has 0 atom stereocenters. The zero-order valence-corrected chi connectivity index (χ0v) is 13.6. The van der Waals surface area contributed by atoms with Crippen molar-refractivity contribution in [3.05, 3.63) is 40.7 Å². The Morgan fingerprint density at radius 1 is 1.27 bits per heavy atom. The summed E-state index contributed by atoms with van der Waals surface area (Å²) in [6.07, 6.45) is 0. The smallest absolute Gasteiger partial charge is 0.255 e. The molecule has 2 aromatic rings. The van der Waals surface area contributed by atoms with Gasteiger partial charge in [0.15, 0.2) is 0 Å². The molecule has 118 valence electrons. The molecule has 6 heteroatoms. The molecule has 0 bridgehead atoms. The fourth-order valence-corrected chi connectivity index (χ4v) is 2.32. The number of aryl methyl sites for hydroxylation is 2. The second-order valence-corrected chi connectivity index (χ2v) is 5.02. The van der Waals surface area contributed by atoms with Gasteiger partial charge in [-0.05, 0) is 26.0 Å². The third-order valence-electron chi connectivity index (χ3n) is 3.74. The summed E-state index contributed by atoms with van der Waals surface area (Å²) in [4.78, 5) is 12.4. The van der Waals surface area contributed by atoms with Gasteiger partial charge in [-0.2, -0.15) is 5.10 Å². The minimum absolute atomic E-state index is 0.192. The van der Waals surface area contributed by atoms with Crippen LogP contribution in [0.15, 0.2) is 18.2 Å². The second-order valence-electron chi connectivity index (χ2n) is 5.02. The van der Waals surface area contributed by atoms with Crippen molar-refractivity contribution < 1.29 is 14.3 Å². The van der Waals surface area contributed by atoms with Crippen molar-refractivity contribution in [3.8, 4) is 11.5 Å². The van der Waals surface area contributed by atoms with Crippen LogP contribution in [0.4, 0.5) is 0 Å². The van der Waals surface area contributed by atoms with Gasteiger partial charge in [-0.25, -0.2) is 0 Å². The van der Waals surface area contributed by atoms with E-state index in [0.29, 0.717) is 23.6 Å². The number of ether oxygens (including phenoxy) is 2. The lowest BCUT2D eigenvalue weighted by Gasteiger charge is -2.11. The third-order valence-corrected chi connectivity index (χ3v) is 3.74. The number of nitrogens with one attached hydrogen (secondary N) is 1. The monoisotopic (exact) mass is 303 g/mol. The summed E-state index contributed by atoms with van der Waals surface area (Å²) in [7, 11) is 4.99. The third kappa shape index (κ3) is 3.05. The summed E-state index contributed by atoms with van der Waals surface area (Å²) in [5, 5.41) is 7.25. The van der Waals surface area contributed by atoms with E-state index in [1.807, 2.05) is 25.6 Å². The van der Waals surface area contributed by atoms with Crippen LogP contribution >= 0.6 is 0 Å². The molecule has 1 heterocycles. The predicted octanol–water partition coefficient (Wildman–Crippen LogP) is 1.98. The molecule has 0 spiro atoms. The summed E-state index contributed by atoms with van der Waals surface area (Å²) >= 11 is 0. The van der Waals surface area contributed by atoms with Crippen LogP contribution in [0.2, 0.25) is 0 Å². The van der Waals surface area contributed by atoms with Crippen molar-refractivity contribution in [2.45, 2.75) is 20.4 Å². The lowest BCUT2D eigenvalue weighted by Crippen LogP contribution is -2.24. The first-order valence-electron chi connectivity index (χ1n) is 6.97. The number of carbonyl (C=O) groups is 1. The molecule has 0 saturated heterocycles. The van der Waals surface area contributed by atoms with Crippen molar-refractivity contribution >= 4 is 5.91 Å². The summed E-state index contributed by atoms with van der Waals surface area (Å²) in [6.45, 7) is 4.34. The van der Waals surface area contributed by atoms with E-state index >= 15 is 0 Å². The first-order valence-corrected chi connectivity index (χ1v) is 6.97. The molecule has 0 aliphatic rings. The number of benzene rings is 1. The lowest BCUT2D eigenvalue weighted by atomic mass is 10.1. The highest BCUT2D eigenvalue weighted by molar-refractivity contribution is 5.97. The van der Waals surface area contributed by atoms with Crippen molar-refractivity contribution in [1.29, 1.82) is 0 Å². The quantitative estimate of drug-likeness (QED) is 0.917. The Bertz CT molecular complexity index is 692. The number of nitrogens with zero attached hydrogens (tertiary/aromatic N) is 2. The Kier molecular flexibility index (Phi) is 4.70. The first-order chi connectivity index (χ1) is 10.5. The average molecular weight is 303 g/mol. The van der Waals surface area contributed by atoms with E-state index in [1.165, 1.54) is 7.11 Å². The zero-order valence-electron chi connectivity index (χ0n) is 13.6. The van der Waals surface area contributed by atoms with Gasteiger partial charge in [0.05, 0.1) is 25.5 Å². The maximum atomic E-state index is 12.4. The summed E-state index contributed by atoms with van der Waals surface area (Å²) in [6, 6.07) is 5.11. The van der Waals surface area contributed by atoms with Gasteiger partial charge in [0, 0.05) is 30.9 Å². The number of amides is 1. The number of aromatic nitrogens is 2. The van der Waals surface area contributed by atoms with E-state index in [-0.39, 0.29) is 5.91 Å². The summed E-state index contributed by atoms with van der Waals surface area (Å²) in [5.41, 5.74) is 3.47. The van der Waals surface area contributed by atoms with Crippen LogP contribution in [-0.4, -0.2) is 29.9 Å². The van der Waals surface area contributed by atoms with Crippen LogP contribution in [0.3, 0.4) is 0 Å². The highest BCUT2D eigenvalue weighted by Crippen LogP contribution is 2.24. The fourth-order valence-electron chi connectivity index (χ4n) is 2.32. The van der Waals surface area contributed by atoms with E-state index in [2.05, 4.69) is 10.4 Å². The zero-order chi connectivity index (χ0) is 16.3. The van der Waals surface area contributed by atoms with Gasteiger partial charge in [0.25, 0.3) is 5.91 Å². The van der Waals surface area contributed by atoms with E-state index in [9.17, 15) is 4.79 Å². The minimum Gasteiger partial charge on any atom is -0.497 e. The second kappa shape index (κ2) is 6.51. The molecule has 0 fully saturated rings. The van der Waals surface area contributed by atoms with Gasteiger partial charge in [-0.3, -0.25) is 9.48 Å². The van der Waals surface area contributed by atoms with Gasteiger partial charge in [0.2, 0.25) is 0 Å². The molecule has 0 aliphatic carbocycles. The fraction of sp³-hybridized carbons (Fsp3) is 0.375. The minimum atomic E-state index is -0.192. The SMILES string of the molecule is COc1ccc(C(=O)NCc2c(C)nn(C)c2C)c(OC)c1. The highest BCUT2D eigenvalue weighted by atomic mass is 16.5. The number of carbonyl (C=O) groups excluding carboxylic acids is 1. The van der Waals surface area contributed by atoms with E-state index in [4.69, 9.17) is 9.47 Å². The van der Waals surface area contributed by atoms with Crippen molar-refractivity contribution in [1.82, 2.24) is 15.1 Å². The molecule has 0 radical (unpaired) electrons. The summed E-state index contributed by atoms with van der Waals surface area (Å²) in [5.74, 6) is 0.936. The molecule has 0 saturated carbocycles. The maximum absolute atomic E-state index is 12.4. The van der Waals surface area contributed by atoms with Gasteiger partial charge < -0.3 is 14.8 Å². The van der Waals surface area contributed by atoms with Gasteiger partial charge in [-0.15, -0.1) is 0 Å². The molecule has 2 rings (SSSR count). The number of hydrogen-bond acceptors (Lipinski definition) is 4. The topological polar surface area (TPSA) is 65.4 Å². The predicted molar refractivity (Wildman–Crippen MR) is 83.4 cm³/mol. The van der Waals surface area contributed by atoms with Gasteiger partial charge in [0.1, 0.15) is 11.5 Å². The maximum Gasteiger partial charge on any atom is 0.255 e. The van der Waals surface area contributed by atoms with E-state index < -0.39 is 0 Å². The van der Waals surface area contributed by atoms with Crippen LogP contribution in [-0.2, 0) is 13.6 Å². The molecule has 1 N–H and O–H groups in total. The van der Waals surface area contributed by atoms with Crippen LogP contribution in [0, 0.1) is 13.8 Å². The Labute approximate surface area is 130 Å². The molecule has 1 amide bonds. The standard InChI is InChI=1S/C16H21N3O3/c1-10-14(11(2)19(3)18-10)9-17-16(20)13-7-6-12(21-4)8-15(13)22-5/h6-8H,9H2,1-5H3,(H,17,20). The van der Waals surface area contributed by atoms with Crippen molar-refractivity contribution in [2.75, 3.05) is 14.2 Å². The van der Waals surface area contributed by atoms with Gasteiger partial charge >= 0.3 is 0 Å². The van der Waals surface area contributed by atoms with Crippen LogP contribution in [0.5, 0.6) is 11.5 Å². The first kappa shape index (κ1) is 15.9. The molecular formula is C16H21N3O3. The molecule has 0 unspecified atom stereocenters. The Morgan fingerprint density at radius 3 is 2.55 bits per heavy atom. The summed E-state index contributed by atoms with van der Waals surface area (Å²) < 4.78 is 12.2. The Balaban J connectivity index is 2.16. The molecular weight excluding hydrogens is 282 g/mol. The van der Waals surface area contributed by atoms with Crippen LogP contribution in [0.25, 0.3) is 0 Å². The molecule has 22 heavy (non-hydrogen) atoms. The Morgan fingerprint density at radius 2 is 2.00 bits per heavy atom. The normalized spacial score (nSPS) is 10.4. The van der Waals surface area contributed by atoms with E-state index in [1.54, 1.807) is 25.3 Å². The van der Waals surface area contributed by atoms with E-state index in [0.717, 1.165) is 17.0 Å². The number of rotatable bonds is 5. The molecule has 1 aromatic carbocycles. The van der Waals surface area contributed by atoms with Crippen LogP contribution < -0.4 is 14.8 Å². The molecule has 1 aromatic heterocycles. The Hall–Kier alpha value is -2.50. The van der Waals surface area contributed by atoms with Crippen molar-refractivity contribution in [2.24, 2.45) is 7.05 Å². The number of hydrogen-bond donors (Lipinski definition) is 1. The lowest BCUT2D eigenvalue weighted by molar-refractivity contribution is 0.0947. The number of methoxy groups -OCH3 is 2.